The summed E-state index contributed by atoms with van der Waals surface area (Å²) in [5, 5.41) is 21.5. The second kappa shape index (κ2) is 7.42. The number of hydrogen-bond donors (Lipinski definition) is 2. The Labute approximate surface area is 173 Å². The lowest BCUT2D eigenvalue weighted by atomic mass is 9.81. The lowest BCUT2D eigenvalue weighted by Crippen LogP contribution is -2.51. The highest BCUT2D eigenvalue weighted by Crippen LogP contribution is 2.44. The van der Waals surface area contributed by atoms with Crippen LogP contribution in [0.4, 0.5) is 0 Å². The van der Waals surface area contributed by atoms with Crippen molar-refractivity contribution < 1.29 is 14.9 Å². The van der Waals surface area contributed by atoms with Crippen molar-refractivity contribution in [1.82, 2.24) is 4.90 Å². The Morgan fingerprint density at radius 1 is 1.10 bits per heavy atom. The van der Waals surface area contributed by atoms with Crippen molar-refractivity contribution in [3.05, 3.63) is 64.2 Å². The van der Waals surface area contributed by atoms with Crippen LogP contribution in [0.25, 0.3) is 0 Å². The molecule has 0 amide bonds. The zero-order chi connectivity index (χ0) is 20.0. The van der Waals surface area contributed by atoms with Gasteiger partial charge in [0, 0.05) is 31.6 Å². The molecule has 0 saturated carbocycles. The number of piperidine rings is 1. The number of hydrogen-bond acceptors (Lipinski definition) is 4. The first-order valence-electron chi connectivity index (χ1n) is 11.0. The van der Waals surface area contributed by atoms with Gasteiger partial charge in [-0.25, -0.2) is 0 Å². The SMILES string of the molecule is Cc1ccc2c(c1)[C@@H](O)CC1(CCN(C[C@H](O)c3ccc4c(c3)CCC4)CC1)O2. The number of aryl methyl sites for hydroxylation is 3. The first-order valence-corrected chi connectivity index (χ1v) is 11.0. The summed E-state index contributed by atoms with van der Waals surface area (Å²) in [6, 6.07) is 12.6. The third-order valence-electron chi connectivity index (χ3n) is 7.12. The van der Waals surface area contributed by atoms with E-state index >= 15 is 0 Å². The second-order valence-corrected chi connectivity index (χ2v) is 9.24. The van der Waals surface area contributed by atoms with E-state index in [2.05, 4.69) is 23.1 Å². The molecule has 2 aromatic carbocycles. The Morgan fingerprint density at radius 2 is 1.90 bits per heavy atom. The van der Waals surface area contributed by atoms with E-state index < -0.39 is 12.2 Å². The van der Waals surface area contributed by atoms with Crippen molar-refractivity contribution in [2.24, 2.45) is 0 Å². The Morgan fingerprint density at radius 3 is 2.72 bits per heavy atom. The van der Waals surface area contributed by atoms with E-state index in [1.165, 1.54) is 24.0 Å². The van der Waals surface area contributed by atoms with Gasteiger partial charge < -0.3 is 19.8 Å². The fourth-order valence-electron chi connectivity index (χ4n) is 5.36. The van der Waals surface area contributed by atoms with Crippen molar-refractivity contribution in [1.29, 1.82) is 0 Å². The number of benzene rings is 2. The van der Waals surface area contributed by atoms with Crippen LogP contribution in [0.3, 0.4) is 0 Å². The van der Waals surface area contributed by atoms with Gasteiger partial charge in [0.25, 0.3) is 0 Å². The van der Waals surface area contributed by atoms with Gasteiger partial charge in [0.15, 0.2) is 0 Å². The van der Waals surface area contributed by atoms with E-state index in [0.717, 1.165) is 54.8 Å². The summed E-state index contributed by atoms with van der Waals surface area (Å²) >= 11 is 0. The lowest BCUT2D eigenvalue weighted by Gasteiger charge is -2.46. The molecule has 2 atom stereocenters. The number of ether oxygens (including phenoxy) is 1. The van der Waals surface area contributed by atoms with Gasteiger partial charge >= 0.3 is 0 Å². The van der Waals surface area contributed by atoms with Crippen molar-refractivity contribution in [3.8, 4) is 5.75 Å². The molecule has 1 saturated heterocycles. The largest absolute Gasteiger partial charge is 0.487 e. The number of fused-ring (bicyclic) bond motifs is 2. The van der Waals surface area contributed by atoms with Gasteiger partial charge in [0.1, 0.15) is 11.4 Å². The molecule has 0 aromatic heterocycles. The highest BCUT2D eigenvalue weighted by molar-refractivity contribution is 5.41. The Kier molecular flexibility index (Phi) is 4.89. The molecule has 1 spiro atoms. The Hall–Kier alpha value is -1.88. The molecule has 0 bridgehead atoms. The normalized spacial score (nSPS) is 24.0. The van der Waals surface area contributed by atoms with E-state index in [9.17, 15) is 10.2 Å². The molecule has 0 unspecified atom stereocenters. The molecule has 154 valence electrons. The average Bonchev–Trinajstić information content (AvgIpc) is 3.18. The number of rotatable bonds is 3. The minimum Gasteiger partial charge on any atom is -0.487 e. The first-order chi connectivity index (χ1) is 14.0. The number of aliphatic hydroxyl groups excluding tert-OH is 2. The second-order valence-electron chi connectivity index (χ2n) is 9.24. The molecular formula is C25H31NO3. The number of nitrogens with zero attached hydrogens (tertiary/aromatic N) is 1. The standard InChI is InChI=1S/C25H31NO3/c1-17-5-8-24-21(13-17)22(27)15-25(29-24)9-11-26(12-10-25)16-23(28)20-7-6-18-3-2-4-19(18)14-20/h5-8,13-14,22-23,27-28H,2-4,9-12,15-16H2,1H3/t22-,23-/m0/s1. The predicted octanol–water partition coefficient (Wildman–Crippen LogP) is 3.87. The molecule has 0 radical (unpaired) electrons. The van der Waals surface area contributed by atoms with Gasteiger partial charge in [-0.05, 0) is 67.9 Å². The topological polar surface area (TPSA) is 52.9 Å². The molecule has 1 aliphatic carbocycles. The van der Waals surface area contributed by atoms with Crippen LogP contribution in [0, 0.1) is 6.92 Å². The van der Waals surface area contributed by atoms with Crippen LogP contribution in [0.2, 0.25) is 0 Å². The van der Waals surface area contributed by atoms with E-state index in [4.69, 9.17) is 4.74 Å². The van der Waals surface area contributed by atoms with Crippen LogP contribution in [0.1, 0.15) is 65.7 Å². The summed E-state index contributed by atoms with van der Waals surface area (Å²) in [7, 11) is 0. The van der Waals surface area contributed by atoms with Crippen LogP contribution in [0.15, 0.2) is 36.4 Å². The Balaban J connectivity index is 1.22. The van der Waals surface area contributed by atoms with Crippen molar-refractivity contribution >= 4 is 0 Å². The maximum absolute atomic E-state index is 10.8. The molecule has 4 heteroatoms. The van der Waals surface area contributed by atoms with E-state index in [0.29, 0.717) is 13.0 Å². The third kappa shape index (κ3) is 3.70. The van der Waals surface area contributed by atoms with Crippen LogP contribution < -0.4 is 4.74 Å². The van der Waals surface area contributed by atoms with Crippen molar-refractivity contribution in [2.75, 3.05) is 19.6 Å². The van der Waals surface area contributed by atoms with Crippen LogP contribution in [0.5, 0.6) is 5.75 Å². The van der Waals surface area contributed by atoms with Gasteiger partial charge in [0.05, 0.1) is 12.2 Å². The molecule has 2 aliphatic heterocycles. The summed E-state index contributed by atoms with van der Waals surface area (Å²) in [6.07, 6.45) is 5.07. The van der Waals surface area contributed by atoms with Gasteiger partial charge in [-0.1, -0.05) is 29.8 Å². The quantitative estimate of drug-likeness (QED) is 0.831. The summed E-state index contributed by atoms with van der Waals surface area (Å²) in [5.74, 6) is 0.834. The molecule has 29 heavy (non-hydrogen) atoms. The van der Waals surface area contributed by atoms with Gasteiger partial charge in [0.2, 0.25) is 0 Å². The van der Waals surface area contributed by atoms with Crippen molar-refractivity contribution in [2.45, 2.75) is 63.3 Å². The van der Waals surface area contributed by atoms with Crippen LogP contribution in [-0.4, -0.2) is 40.3 Å². The molecule has 3 aliphatic rings. The maximum Gasteiger partial charge on any atom is 0.125 e. The first kappa shape index (κ1) is 19.1. The monoisotopic (exact) mass is 393 g/mol. The average molecular weight is 394 g/mol. The highest BCUT2D eigenvalue weighted by Gasteiger charge is 2.43. The minimum atomic E-state index is -0.456. The predicted molar refractivity (Wildman–Crippen MR) is 113 cm³/mol. The fraction of sp³-hybridized carbons (Fsp3) is 0.520. The lowest BCUT2D eigenvalue weighted by molar-refractivity contribution is -0.0588. The highest BCUT2D eigenvalue weighted by atomic mass is 16.5. The third-order valence-corrected chi connectivity index (χ3v) is 7.12. The molecule has 2 heterocycles. The fourth-order valence-corrected chi connectivity index (χ4v) is 5.36. The molecule has 4 nitrogen and oxygen atoms in total. The zero-order valence-electron chi connectivity index (χ0n) is 17.2. The Bertz CT molecular complexity index is 901. The zero-order valence-corrected chi connectivity index (χ0v) is 17.2. The van der Waals surface area contributed by atoms with E-state index in [-0.39, 0.29) is 5.60 Å². The van der Waals surface area contributed by atoms with Crippen LogP contribution in [-0.2, 0) is 12.8 Å². The van der Waals surface area contributed by atoms with Gasteiger partial charge in [-0.15, -0.1) is 0 Å². The smallest absolute Gasteiger partial charge is 0.125 e. The van der Waals surface area contributed by atoms with Gasteiger partial charge in [-0.3, -0.25) is 0 Å². The van der Waals surface area contributed by atoms with Crippen molar-refractivity contribution in [3.63, 3.8) is 0 Å². The number of likely N-dealkylation sites (tertiary alicyclic amines) is 1. The molecule has 1 fully saturated rings. The number of β-amino-alcohol motifs (C(OH)–C–C–N with tert-alkyl or cyclic N) is 1. The van der Waals surface area contributed by atoms with Crippen LogP contribution >= 0.6 is 0 Å². The molecule has 5 rings (SSSR count). The summed E-state index contributed by atoms with van der Waals surface area (Å²) in [5.41, 5.74) is 5.70. The van der Waals surface area contributed by atoms with E-state index in [1.807, 2.05) is 25.1 Å². The summed E-state index contributed by atoms with van der Waals surface area (Å²) in [6.45, 7) is 4.47. The maximum atomic E-state index is 10.8. The summed E-state index contributed by atoms with van der Waals surface area (Å²) in [4.78, 5) is 2.34. The minimum absolute atomic E-state index is 0.281. The molecule has 2 aromatic rings. The molecule has 2 N–H and O–H groups in total. The van der Waals surface area contributed by atoms with E-state index in [1.54, 1.807) is 0 Å². The number of aliphatic hydroxyl groups is 2. The summed E-state index contributed by atoms with van der Waals surface area (Å²) < 4.78 is 6.42. The molecular weight excluding hydrogens is 362 g/mol. The van der Waals surface area contributed by atoms with Gasteiger partial charge in [-0.2, -0.15) is 0 Å².